The van der Waals surface area contributed by atoms with Crippen LogP contribution in [0.1, 0.15) is 13.8 Å². The Morgan fingerprint density at radius 3 is 2.27 bits per heavy atom. The number of aliphatic hydroxyl groups excluding tert-OH is 1. The predicted molar refractivity (Wildman–Crippen MR) is 46.2 cm³/mol. The fourth-order valence-electron chi connectivity index (χ4n) is 0.982. The number of rotatable bonds is 4. The van der Waals surface area contributed by atoms with Crippen molar-refractivity contribution in [1.29, 1.82) is 0 Å². The number of hydrogen-bond donors (Lipinski definition) is 2. The fourth-order valence-corrected chi connectivity index (χ4v) is 0.982. The van der Waals surface area contributed by atoms with Crippen LogP contribution in [0.3, 0.4) is 0 Å². The van der Waals surface area contributed by atoms with Gasteiger partial charge >= 0.3 is 0 Å². The van der Waals surface area contributed by atoms with Gasteiger partial charge in [0.05, 0.1) is 12.2 Å². The predicted octanol–water partition coefficient (Wildman–Crippen LogP) is 1.11. The molecule has 2 heteroatoms. The van der Waals surface area contributed by atoms with E-state index in [0.29, 0.717) is 0 Å². The minimum atomic E-state index is -1.05. The zero-order chi connectivity index (χ0) is 9.07. The highest BCUT2D eigenvalue weighted by molar-refractivity contribution is 5.10. The SMILES string of the molecule is C=CC(C)(O)C(CO)C(=C)C. The molecule has 2 atom stereocenters. The van der Waals surface area contributed by atoms with Crippen LogP contribution in [0.5, 0.6) is 0 Å². The molecule has 64 valence electrons. The van der Waals surface area contributed by atoms with Crippen molar-refractivity contribution in [2.45, 2.75) is 19.4 Å². The molecule has 0 rings (SSSR count). The maximum Gasteiger partial charge on any atom is 0.0883 e. The van der Waals surface area contributed by atoms with Crippen LogP contribution in [-0.4, -0.2) is 22.4 Å². The lowest BCUT2D eigenvalue weighted by atomic mass is 9.85. The van der Waals surface area contributed by atoms with Gasteiger partial charge in [-0.05, 0) is 13.8 Å². The Labute approximate surface area is 67.9 Å². The van der Waals surface area contributed by atoms with Gasteiger partial charge in [0.2, 0.25) is 0 Å². The summed E-state index contributed by atoms with van der Waals surface area (Å²) >= 11 is 0. The molecule has 0 radical (unpaired) electrons. The molecule has 0 aromatic rings. The molecule has 0 aromatic carbocycles. The van der Waals surface area contributed by atoms with Crippen molar-refractivity contribution in [3.63, 3.8) is 0 Å². The van der Waals surface area contributed by atoms with Crippen LogP contribution in [-0.2, 0) is 0 Å². The van der Waals surface area contributed by atoms with E-state index in [0.717, 1.165) is 5.57 Å². The Bertz CT molecular complexity index is 159. The van der Waals surface area contributed by atoms with Crippen molar-refractivity contribution >= 4 is 0 Å². The van der Waals surface area contributed by atoms with Crippen LogP contribution in [0.15, 0.2) is 24.8 Å². The van der Waals surface area contributed by atoms with Gasteiger partial charge in [0.25, 0.3) is 0 Å². The average Bonchev–Trinajstić information content (AvgIpc) is 1.88. The maximum atomic E-state index is 9.61. The van der Waals surface area contributed by atoms with Gasteiger partial charge in [0.1, 0.15) is 0 Å². The van der Waals surface area contributed by atoms with Crippen molar-refractivity contribution in [3.8, 4) is 0 Å². The molecular weight excluding hydrogens is 140 g/mol. The molecule has 0 heterocycles. The van der Waals surface area contributed by atoms with E-state index in [9.17, 15) is 5.11 Å². The molecule has 0 aliphatic heterocycles. The van der Waals surface area contributed by atoms with Crippen molar-refractivity contribution in [2.75, 3.05) is 6.61 Å². The number of aliphatic hydroxyl groups is 2. The monoisotopic (exact) mass is 156 g/mol. The third-order valence-corrected chi connectivity index (χ3v) is 1.90. The molecule has 2 N–H and O–H groups in total. The Kier molecular flexibility index (Phi) is 3.49. The van der Waals surface area contributed by atoms with Crippen molar-refractivity contribution in [2.24, 2.45) is 5.92 Å². The van der Waals surface area contributed by atoms with Gasteiger partial charge < -0.3 is 10.2 Å². The van der Waals surface area contributed by atoms with E-state index in [-0.39, 0.29) is 12.5 Å². The fraction of sp³-hybridized carbons (Fsp3) is 0.556. The first-order valence-electron chi connectivity index (χ1n) is 3.58. The van der Waals surface area contributed by atoms with Crippen LogP contribution in [0.2, 0.25) is 0 Å². The quantitative estimate of drug-likeness (QED) is 0.598. The van der Waals surface area contributed by atoms with Gasteiger partial charge in [-0.3, -0.25) is 0 Å². The summed E-state index contributed by atoms with van der Waals surface area (Å²) in [4.78, 5) is 0. The molecule has 2 nitrogen and oxygen atoms in total. The summed E-state index contributed by atoms with van der Waals surface area (Å²) in [5, 5.41) is 18.5. The van der Waals surface area contributed by atoms with Crippen LogP contribution < -0.4 is 0 Å². The van der Waals surface area contributed by atoms with Gasteiger partial charge in [-0.15, -0.1) is 6.58 Å². The topological polar surface area (TPSA) is 40.5 Å². The maximum absolute atomic E-state index is 9.61. The van der Waals surface area contributed by atoms with Crippen LogP contribution in [0.4, 0.5) is 0 Å². The summed E-state index contributed by atoms with van der Waals surface area (Å²) < 4.78 is 0. The molecule has 0 saturated carbocycles. The standard InChI is InChI=1S/C9H16O2/c1-5-9(4,11)8(6-10)7(2)3/h5,8,10-11H,1-2,6H2,3-4H3. The molecule has 0 spiro atoms. The average molecular weight is 156 g/mol. The molecule has 2 unspecified atom stereocenters. The summed E-state index contributed by atoms with van der Waals surface area (Å²) in [6, 6.07) is 0. The first-order valence-corrected chi connectivity index (χ1v) is 3.58. The van der Waals surface area contributed by atoms with Gasteiger partial charge in [-0.1, -0.05) is 18.2 Å². The number of hydrogen-bond acceptors (Lipinski definition) is 2. The van der Waals surface area contributed by atoms with Gasteiger partial charge in [0.15, 0.2) is 0 Å². The van der Waals surface area contributed by atoms with E-state index in [2.05, 4.69) is 13.2 Å². The van der Waals surface area contributed by atoms with Crippen molar-refractivity contribution < 1.29 is 10.2 Å². The van der Waals surface area contributed by atoms with Crippen LogP contribution in [0, 0.1) is 5.92 Å². The molecule has 0 fully saturated rings. The normalized spacial score (nSPS) is 18.5. The van der Waals surface area contributed by atoms with Crippen molar-refractivity contribution in [1.82, 2.24) is 0 Å². The second-order valence-corrected chi connectivity index (χ2v) is 3.01. The van der Waals surface area contributed by atoms with Crippen LogP contribution in [0.25, 0.3) is 0 Å². The molecule has 0 aromatic heterocycles. The molecule has 0 aliphatic rings. The van der Waals surface area contributed by atoms with Crippen LogP contribution >= 0.6 is 0 Å². The smallest absolute Gasteiger partial charge is 0.0883 e. The molecular formula is C9H16O2. The largest absolute Gasteiger partial charge is 0.396 e. The Morgan fingerprint density at radius 1 is 1.73 bits per heavy atom. The van der Waals surface area contributed by atoms with E-state index < -0.39 is 5.60 Å². The van der Waals surface area contributed by atoms with Gasteiger partial charge in [0, 0.05) is 5.92 Å². The Balaban J connectivity index is 4.48. The molecule has 0 amide bonds. The zero-order valence-corrected chi connectivity index (χ0v) is 7.17. The summed E-state index contributed by atoms with van der Waals surface area (Å²) in [5.74, 6) is -0.319. The summed E-state index contributed by atoms with van der Waals surface area (Å²) in [7, 11) is 0. The van der Waals surface area contributed by atoms with E-state index in [1.165, 1.54) is 6.08 Å². The third-order valence-electron chi connectivity index (χ3n) is 1.90. The molecule has 0 saturated heterocycles. The van der Waals surface area contributed by atoms with E-state index >= 15 is 0 Å². The Hall–Kier alpha value is -0.600. The lowest BCUT2D eigenvalue weighted by Crippen LogP contribution is -2.35. The highest BCUT2D eigenvalue weighted by Crippen LogP contribution is 2.23. The first kappa shape index (κ1) is 10.4. The highest BCUT2D eigenvalue weighted by Gasteiger charge is 2.28. The van der Waals surface area contributed by atoms with Gasteiger partial charge in [-0.2, -0.15) is 0 Å². The Morgan fingerprint density at radius 2 is 2.18 bits per heavy atom. The lowest BCUT2D eigenvalue weighted by molar-refractivity contribution is 0.0344. The molecule has 0 aliphatic carbocycles. The summed E-state index contributed by atoms with van der Waals surface area (Å²) in [6.45, 7) is 10.4. The second kappa shape index (κ2) is 3.69. The first-order chi connectivity index (χ1) is 4.95. The summed E-state index contributed by atoms with van der Waals surface area (Å²) in [5.41, 5.74) is -0.293. The minimum absolute atomic E-state index is 0.103. The van der Waals surface area contributed by atoms with Crippen molar-refractivity contribution in [3.05, 3.63) is 24.8 Å². The van der Waals surface area contributed by atoms with Gasteiger partial charge in [-0.25, -0.2) is 0 Å². The van der Waals surface area contributed by atoms with E-state index in [1.54, 1.807) is 13.8 Å². The molecule has 0 bridgehead atoms. The zero-order valence-electron chi connectivity index (χ0n) is 7.17. The molecule has 11 heavy (non-hydrogen) atoms. The summed E-state index contributed by atoms with van der Waals surface area (Å²) in [6.07, 6.45) is 1.42. The lowest BCUT2D eigenvalue weighted by Gasteiger charge is -2.28. The minimum Gasteiger partial charge on any atom is -0.396 e. The van der Waals surface area contributed by atoms with E-state index in [4.69, 9.17) is 5.11 Å². The third kappa shape index (κ3) is 2.48. The van der Waals surface area contributed by atoms with E-state index in [1.807, 2.05) is 0 Å². The highest BCUT2D eigenvalue weighted by atomic mass is 16.3. The second-order valence-electron chi connectivity index (χ2n) is 3.01.